The van der Waals surface area contributed by atoms with Gasteiger partial charge in [0.05, 0.1) is 11.5 Å². The highest BCUT2D eigenvalue weighted by molar-refractivity contribution is 7.91. The largest absolute Gasteiger partial charge is 0.354 e. The predicted octanol–water partition coefficient (Wildman–Crippen LogP) is 1.37. The van der Waals surface area contributed by atoms with E-state index in [0.29, 0.717) is 18.8 Å². The summed E-state index contributed by atoms with van der Waals surface area (Å²) < 4.78 is 23.3. The van der Waals surface area contributed by atoms with Crippen molar-refractivity contribution in [1.82, 2.24) is 15.1 Å². The van der Waals surface area contributed by atoms with Crippen molar-refractivity contribution >= 4 is 21.6 Å². The molecule has 8 heteroatoms. The average molecular weight is 374 g/mol. The zero-order chi connectivity index (χ0) is 18.7. The van der Waals surface area contributed by atoms with Crippen LogP contribution in [-0.2, 0) is 16.4 Å². The van der Waals surface area contributed by atoms with Gasteiger partial charge in [0.15, 0.2) is 21.3 Å². The molecule has 1 amide bonds. The van der Waals surface area contributed by atoms with Crippen LogP contribution in [-0.4, -0.2) is 61.1 Å². The third-order valence-corrected chi connectivity index (χ3v) is 6.35. The van der Waals surface area contributed by atoms with Crippen LogP contribution >= 0.6 is 0 Å². The molecule has 1 aromatic carbocycles. The lowest BCUT2D eigenvalue weighted by atomic mass is 10.2. The Bertz CT molecular complexity index is 869. The topological polar surface area (TPSA) is 83.5 Å². The van der Waals surface area contributed by atoms with E-state index < -0.39 is 9.84 Å². The second-order valence-electron chi connectivity index (χ2n) is 6.59. The van der Waals surface area contributed by atoms with Crippen molar-refractivity contribution in [3.05, 3.63) is 53.7 Å². The van der Waals surface area contributed by atoms with Gasteiger partial charge in [0.1, 0.15) is 0 Å². The number of carbonyl (C=O) groups excluding carboxylic acids is 1. The standard InChI is InChI=1S/C18H22N4O3S/c1-21(12-14-6-4-3-5-7-14)18(23)16-8-9-17(20-19-16)22(2)15-10-11-26(24,25)13-15/h3-9,15H,10-13H2,1-2H3. The Balaban J connectivity index is 1.66. The summed E-state index contributed by atoms with van der Waals surface area (Å²) in [7, 11) is 0.565. The van der Waals surface area contributed by atoms with Crippen molar-refractivity contribution in [2.75, 3.05) is 30.5 Å². The lowest BCUT2D eigenvalue weighted by Gasteiger charge is -2.24. The van der Waals surface area contributed by atoms with Gasteiger partial charge in [-0.1, -0.05) is 30.3 Å². The maximum atomic E-state index is 12.5. The average Bonchev–Trinajstić information content (AvgIpc) is 3.01. The van der Waals surface area contributed by atoms with E-state index in [1.54, 1.807) is 31.1 Å². The van der Waals surface area contributed by atoms with E-state index >= 15 is 0 Å². The number of anilines is 1. The van der Waals surface area contributed by atoms with Crippen LogP contribution in [0.1, 0.15) is 22.5 Å². The first kappa shape index (κ1) is 18.3. The summed E-state index contributed by atoms with van der Waals surface area (Å²) >= 11 is 0. The summed E-state index contributed by atoms with van der Waals surface area (Å²) in [5, 5.41) is 8.15. The fourth-order valence-electron chi connectivity index (χ4n) is 3.02. The molecular weight excluding hydrogens is 352 g/mol. The van der Waals surface area contributed by atoms with Crippen LogP contribution in [0.4, 0.5) is 5.82 Å². The Morgan fingerprint density at radius 2 is 1.85 bits per heavy atom. The smallest absolute Gasteiger partial charge is 0.274 e. The molecule has 1 unspecified atom stereocenters. The molecule has 1 aliphatic heterocycles. The second-order valence-corrected chi connectivity index (χ2v) is 8.82. The third kappa shape index (κ3) is 4.19. The van der Waals surface area contributed by atoms with Crippen LogP contribution in [0.5, 0.6) is 0 Å². The molecule has 7 nitrogen and oxygen atoms in total. The number of hydrogen-bond donors (Lipinski definition) is 0. The number of rotatable bonds is 5. The van der Waals surface area contributed by atoms with Gasteiger partial charge in [0.25, 0.3) is 5.91 Å². The molecule has 0 N–H and O–H groups in total. The number of carbonyl (C=O) groups is 1. The first-order chi connectivity index (χ1) is 12.4. The van der Waals surface area contributed by atoms with Crippen molar-refractivity contribution in [2.45, 2.75) is 19.0 Å². The molecule has 2 heterocycles. The quantitative estimate of drug-likeness (QED) is 0.786. The van der Waals surface area contributed by atoms with E-state index in [1.807, 2.05) is 35.2 Å². The van der Waals surface area contributed by atoms with Crippen molar-refractivity contribution in [3.63, 3.8) is 0 Å². The van der Waals surface area contributed by atoms with Gasteiger partial charge >= 0.3 is 0 Å². The van der Waals surface area contributed by atoms with Gasteiger partial charge in [0, 0.05) is 26.7 Å². The monoisotopic (exact) mass is 374 g/mol. The molecule has 0 aliphatic carbocycles. The van der Waals surface area contributed by atoms with Crippen molar-refractivity contribution in [3.8, 4) is 0 Å². The summed E-state index contributed by atoms with van der Waals surface area (Å²) in [6.07, 6.45) is 0.584. The van der Waals surface area contributed by atoms with Crippen LogP contribution in [0.3, 0.4) is 0 Å². The molecule has 3 rings (SSSR count). The van der Waals surface area contributed by atoms with Gasteiger partial charge in [-0.05, 0) is 24.1 Å². The van der Waals surface area contributed by atoms with Crippen LogP contribution in [0, 0.1) is 0 Å². The van der Waals surface area contributed by atoms with Crippen molar-refractivity contribution < 1.29 is 13.2 Å². The second kappa shape index (κ2) is 7.41. The third-order valence-electron chi connectivity index (χ3n) is 4.60. The molecule has 138 valence electrons. The highest BCUT2D eigenvalue weighted by Crippen LogP contribution is 2.21. The zero-order valence-electron chi connectivity index (χ0n) is 14.9. The van der Waals surface area contributed by atoms with Crippen molar-refractivity contribution in [2.24, 2.45) is 0 Å². The number of nitrogens with zero attached hydrogens (tertiary/aromatic N) is 4. The van der Waals surface area contributed by atoms with Gasteiger partial charge in [0.2, 0.25) is 0 Å². The Labute approximate surface area is 153 Å². The maximum absolute atomic E-state index is 12.5. The molecule has 1 aliphatic rings. The Morgan fingerprint density at radius 1 is 1.12 bits per heavy atom. The van der Waals surface area contributed by atoms with E-state index in [0.717, 1.165) is 5.56 Å². The van der Waals surface area contributed by atoms with Gasteiger partial charge in [-0.2, -0.15) is 0 Å². The van der Waals surface area contributed by atoms with Crippen LogP contribution in [0.2, 0.25) is 0 Å². The molecule has 1 fully saturated rings. The van der Waals surface area contributed by atoms with E-state index in [4.69, 9.17) is 0 Å². The minimum Gasteiger partial charge on any atom is -0.354 e. The van der Waals surface area contributed by atoms with Gasteiger partial charge < -0.3 is 9.80 Å². The SMILES string of the molecule is CN(Cc1ccccc1)C(=O)c1ccc(N(C)C2CCS(=O)(=O)C2)nn1. The molecule has 1 atom stereocenters. The fraction of sp³-hybridized carbons (Fsp3) is 0.389. The normalized spacial score (nSPS) is 18.5. The van der Waals surface area contributed by atoms with E-state index in [-0.39, 0.29) is 29.1 Å². The highest BCUT2D eigenvalue weighted by atomic mass is 32.2. The lowest BCUT2D eigenvalue weighted by molar-refractivity contribution is 0.0778. The first-order valence-electron chi connectivity index (χ1n) is 8.42. The minimum absolute atomic E-state index is 0.100. The lowest BCUT2D eigenvalue weighted by Crippen LogP contribution is -2.33. The molecule has 0 bridgehead atoms. The molecule has 26 heavy (non-hydrogen) atoms. The van der Waals surface area contributed by atoms with Crippen molar-refractivity contribution in [1.29, 1.82) is 0 Å². The van der Waals surface area contributed by atoms with Crippen LogP contribution in [0.25, 0.3) is 0 Å². The van der Waals surface area contributed by atoms with Gasteiger partial charge in [-0.15, -0.1) is 10.2 Å². The summed E-state index contributed by atoms with van der Waals surface area (Å²) in [5.74, 6) is 0.690. The zero-order valence-corrected chi connectivity index (χ0v) is 15.7. The number of benzene rings is 1. The fourth-order valence-corrected chi connectivity index (χ4v) is 4.79. The molecule has 0 spiro atoms. The predicted molar refractivity (Wildman–Crippen MR) is 99.7 cm³/mol. The number of amides is 1. The first-order valence-corrected chi connectivity index (χ1v) is 10.2. The van der Waals surface area contributed by atoms with Crippen LogP contribution in [0.15, 0.2) is 42.5 Å². The summed E-state index contributed by atoms with van der Waals surface area (Å²) in [4.78, 5) is 15.9. The van der Waals surface area contributed by atoms with Gasteiger partial charge in [-0.25, -0.2) is 8.42 Å². The summed E-state index contributed by atoms with van der Waals surface area (Å²) in [5.41, 5.74) is 1.30. The van der Waals surface area contributed by atoms with Crippen LogP contribution < -0.4 is 4.90 Å². The van der Waals surface area contributed by atoms with E-state index in [2.05, 4.69) is 10.2 Å². The minimum atomic E-state index is -2.96. The molecule has 1 aromatic heterocycles. The molecular formula is C18H22N4O3S. The number of sulfone groups is 1. The molecule has 2 aromatic rings. The molecule has 0 radical (unpaired) electrons. The maximum Gasteiger partial charge on any atom is 0.274 e. The molecule has 1 saturated heterocycles. The number of aromatic nitrogens is 2. The highest BCUT2D eigenvalue weighted by Gasteiger charge is 2.31. The van der Waals surface area contributed by atoms with Gasteiger partial charge in [-0.3, -0.25) is 4.79 Å². The summed E-state index contributed by atoms with van der Waals surface area (Å²) in [6.45, 7) is 0.489. The molecule has 0 saturated carbocycles. The Morgan fingerprint density at radius 3 is 2.42 bits per heavy atom. The Hall–Kier alpha value is -2.48. The van der Waals surface area contributed by atoms with E-state index in [1.165, 1.54) is 0 Å². The number of hydrogen-bond acceptors (Lipinski definition) is 6. The summed E-state index contributed by atoms with van der Waals surface area (Å²) in [6, 6.07) is 13.0. The Kier molecular flexibility index (Phi) is 5.22. The van der Waals surface area contributed by atoms with E-state index in [9.17, 15) is 13.2 Å².